The van der Waals surface area contributed by atoms with Gasteiger partial charge in [-0.2, -0.15) is 10.4 Å². The number of benzene rings is 2. The number of aromatic nitrogens is 4. The molecule has 14 heteroatoms. The topological polar surface area (TPSA) is 121 Å². The fourth-order valence-corrected chi connectivity index (χ4v) is 6.78. The van der Waals surface area contributed by atoms with Crippen LogP contribution in [0.4, 0.5) is 8.78 Å². The van der Waals surface area contributed by atoms with Gasteiger partial charge >= 0.3 is 7.82 Å². The van der Waals surface area contributed by atoms with Crippen LogP contribution in [0.15, 0.2) is 60.5 Å². The number of thiazole rings is 1. The zero-order chi connectivity index (χ0) is 31.2. The summed E-state index contributed by atoms with van der Waals surface area (Å²) in [7, 11) is -4.09. The molecule has 2 aromatic carbocycles. The molecule has 0 saturated heterocycles. The molecule has 4 aromatic rings. The van der Waals surface area contributed by atoms with Crippen molar-refractivity contribution in [1.82, 2.24) is 19.7 Å². The van der Waals surface area contributed by atoms with E-state index in [2.05, 4.69) is 16.2 Å². The first-order chi connectivity index (χ1) is 20.4. The van der Waals surface area contributed by atoms with Gasteiger partial charge in [-0.05, 0) is 45.9 Å². The zero-order valence-corrected chi connectivity index (χ0v) is 26.0. The van der Waals surface area contributed by atoms with Crippen LogP contribution in [0.5, 0.6) is 0 Å². The van der Waals surface area contributed by atoms with Gasteiger partial charge in [0.2, 0.25) is 0 Å². The summed E-state index contributed by atoms with van der Waals surface area (Å²) in [6.45, 7) is 7.78. The second-order valence-electron chi connectivity index (χ2n) is 10.2. The minimum atomic E-state index is -4.09. The number of hydrogen-bond donors (Lipinski definition) is 0. The number of hydrogen-bond acceptors (Lipinski definition) is 10. The molecule has 0 amide bonds. The van der Waals surface area contributed by atoms with Gasteiger partial charge in [-0.3, -0.25) is 13.6 Å². The molecule has 0 aliphatic heterocycles. The molecule has 0 aliphatic rings. The summed E-state index contributed by atoms with van der Waals surface area (Å²) in [5, 5.41) is 15.7. The fraction of sp³-hybridized carbons (Fsp3) is 0.379. The Labute approximate surface area is 252 Å². The first kappa shape index (κ1) is 32.5. The quantitative estimate of drug-likeness (QED) is 0.104. The SMILES string of the molecule is CC(C)OP(=O)(OCO[C@@](Cn1cncn1)(c1ccc(F)cc1F)[C@@H](C)c1nc(-[13c]2[13cH][13cH][13c](C#N)[13cH][13cH]2)cs1)OC(C)C. The monoisotopic (exact) mass is 637 g/mol. The van der Waals surface area contributed by atoms with Crippen molar-refractivity contribution in [3.8, 4) is 17.3 Å². The summed E-state index contributed by atoms with van der Waals surface area (Å²) in [6.07, 6.45) is 1.77. The van der Waals surface area contributed by atoms with E-state index in [-0.39, 0.29) is 12.1 Å². The van der Waals surface area contributed by atoms with Gasteiger partial charge in [0.1, 0.15) is 29.9 Å². The van der Waals surface area contributed by atoms with Crippen molar-refractivity contribution in [1.29, 1.82) is 5.26 Å². The maximum Gasteiger partial charge on any atom is 0.477 e. The van der Waals surface area contributed by atoms with Crippen molar-refractivity contribution < 1.29 is 31.7 Å². The molecule has 0 unspecified atom stereocenters. The number of phosphoric ester groups is 1. The molecule has 0 spiro atoms. The van der Waals surface area contributed by atoms with Crippen LogP contribution in [0.25, 0.3) is 11.3 Å². The molecular weight excluding hydrogens is 605 g/mol. The molecule has 0 N–H and O–H groups in total. The second kappa shape index (κ2) is 13.9. The van der Waals surface area contributed by atoms with E-state index in [1.165, 1.54) is 34.7 Å². The number of nitrogens with zero attached hydrogens (tertiary/aromatic N) is 5. The highest BCUT2D eigenvalue weighted by molar-refractivity contribution is 7.48. The lowest BCUT2D eigenvalue weighted by atomic mass is 9.81. The van der Waals surface area contributed by atoms with Crippen LogP contribution in [0.2, 0.25) is 0 Å². The predicted octanol–water partition coefficient (Wildman–Crippen LogP) is 7.20. The highest BCUT2D eigenvalue weighted by atomic mass is 32.1. The summed E-state index contributed by atoms with van der Waals surface area (Å²) in [6, 6.07) is 12.2. The van der Waals surface area contributed by atoms with Gasteiger partial charge in [0, 0.05) is 28.5 Å². The minimum Gasteiger partial charge on any atom is -0.341 e. The molecule has 0 saturated carbocycles. The van der Waals surface area contributed by atoms with E-state index in [9.17, 15) is 8.96 Å². The standard InChI is InChI=1S/C29H32F2N5O5PS/c1-19(2)40-42(37,41-20(3)4)39-18-38-29(15-36-17-33-16-34-36,25-11-10-24(30)12-26(25)31)21(5)28-35-27(14-43-28)23-8-6-22(13-32)7-9-23/h6-12,14,16-17,19-21H,15,18H2,1-5H3/t21-,29+/m0/s1/i6+1,7+1,8+1,9+1,22+1,23+1. The van der Waals surface area contributed by atoms with Crippen LogP contribution < -0.4 is 0 Å². The molecule has 0 fully saturated rings. The second-order valence-corrected chi connectivity index (χ2v) is 12.7. The highest BCUT2D eigenvalue weighted by Gasteiger charge is 2.45. The normalized spacial score (nSPS) is 14.1. The Morgan fingerprint density at radius 1 is 1.07 bits per heavy atom. The molecular formula is C29H32F2N5O5PS. The summed E-state index contributed by atoms with van der Waals surface area (Å²) in [4.78, 5) is 8.81. The Morgan fingerprint density at radius 3 is 2.35 bits per heavy atom. The average molecular weight is 638 g/mol. The Hall–Kier alpha value is -3.37. The Balaban J connectivity index is 1.78. The molecule has 2 aromatic heterocycles. The maximum atomic E-state index is 15.6. The largest absolute Gasteiger partial charge is 0.477 e. The number of halogens is 2. The van der Waals surface area contributed by atoms with E-state index < -0.39 is 50.0 Å². The number of rotatable bonds is 14. The molecule has 2 heterocycles. The van der Waals surface area contributed by atoms with Crippen molar-refractivity contribution in [2.24, 2.45) is 0 Å². The first-order valence-electron chi connectivity index (χ1n) is 13.4. The Bertz CT molecular complexity index is 1580. The van der Waals surface area contributed by atoms with Crippen LogP contribution in [-0.2, 0) is 35.0 Å². The van der Waals surface area contributed by atoms with Crippen LogP contribution in [0, 0.1) is 23.0 Å². The van der Waals surface area contributed by atoms with Gasteiger partial charge in [0.25, 0.3) is 0 Å². The number of nitriles is 1. The van der Waals surface area contributed by atoms with Crippen molar-refractivity contribution in [3.05, 3.63) is 88.3 Å². The number of phosphoric acid groups is 1. The molecule has 10 nitrogen and oxygen atoms in total. The lowest BCUT2D eigenvalue weighted by molar-refractivity contribution is -0.144. The summed E-state index contributed by atoms with van der Waals surface area (Å²) in [5.74, 6) is -2.32. The molecule has 43 heavy (non-hydrogen) atoms. The van der Waals surface area contributed by atoms with Gasteiger partial charge in [0.05, 0.1) is 41.1 Å². The Kier molecular flexibility index (Phi) is 10.6. The van der Waals surface area contributed by atoms with Gasteiger partial charge in [-0.25, -0.2) is 28.0 Å². The van der Waals surface area contributed by atoms with E-state index in [0.717, 1.165) is 17.7 Å². The van der Waals surface area contributed by atoms with Crippen LogP contribution >= 0.6 is 19.2 Å². The van der Waals surface area contributed by atoms with Gasteiger partial charge in [-0.15, -0.1) is 11.3 Å². The van der Waals surface area contributed by atoms with Crippen molar-refractivity contribution in [2.75, 3.05) is 6.79 Å². The molecule has 0 radical (unpaired) electrons. The predicted molar refractivity (Wildman–Crippen MR) is 156 cm³/mol. The van der Waals surface area contributed by atoms with E-state index in [1.54, 1.807) is 58.9 Å². The zero-order valence-electron chi connectivity index (χ0n) is 24.3. The van der Waals surface area contributed by atoms with Gasteiger partial charge in [0.15, 0.2) is 6.79 Å². The van der Waals surface area contributed by atoms with E-state index in [4.69, 9.17) is 28.6 Å². The van der Waals surface area contributed by atoms with E-state index in [1.807, 2.05) is 5.38 Å². The molecule has 2 atom stereocenters. The lowest BCUT2D eigenvalue weighted by Gasteiger charge is -2.39. The third kappa shape index (κ3) is 7.97. The summed E-state index contributed by atoms with van der Waals surface area (Å²) < 4.78 is 67.5. The molecule has 0 aliphatic carbocycles. The number of ether oxygens (including phenoxy) is 1. The van der Waals surface area contributed by atoms with Crippen LogP contribution in [0.3, 0.4) is 0 Å². The maximum absolute atomic E-state index is 15.6. The van der Waals surface area contributed by atoms with Crippen molar-refractivity contribution in [3.63, 3.8) is 0 Å². The minimum absolute atomic E-state index is 0.0000105. The third-order valence-corrected chi connectivity index (χ3v) is 9.17. The smallest absolute Gasteiger partial charge is 0.341 e. The van der Waals surface area contributed by atoms with Crippen molar-refractivity contribution >= 4 is 19.2 Å². The molecule has 0 bridgehead atoms. The van der Waals surface area contributed by atoms with Gasteiger partial charge < -0.3 is 4.74 Å². The summed E-state index contributed by atoms with van der Waals surface area (Å²) in [5.41, 5.74) is 0.318. The van der Waals surface area contributed by atoms with E-state index in [0.29, 0.717) is 16.3 Å². The lowest BCUT2D eigenvalue weighted by Crippen LogP contribution is -2.41. The van der Waals surface area contributed by atoms with Crippen molar-refractivity contribution in [2.45, 2.75) is 64.9 Å². The fourth-order valence-electron chi connectivity index (χ4n) is 4.42. The van der Waals surface area contributed by atoms with Crippen LogP contribution in [0.1, 0.15) is 56.7 Å². The molecule has 228 valence electrons. The molecule has 4 rings (SSSR count). The van der Waals surface area contributed by atoms with Gasteiger partial charge in [-0.1, -0.05) is 25.1 Å². The average Bonchev–Trinajstić information content (AvgIpc) is 3.64. The first-order valence-corrected chi connectivity index (χ1v) is 15.8. The third-order valence-electron chi connectivity index (χ3n) is 6.36. The van der Waals surface area contributed by atoms with E-state index >= 15 is 4.39 Å². The summed E-state index contributed by atoms with van der Waals surface area (Å²) >= 11 is 1.32. The van der Waals surface area contributed by atoms with Crippen LogP contribution in [-0.4, -0.2) is 38.7 Å². The highest BCUT2D eigenvalue weighted by Crippen LogP contribution is 2.53. The Morgan fingerprint density at radius 2 is 1.77 bits per heavy atom.